The fourth-order valence-corrected chi connectivity index (χ4v) is 2.92. The average molecular weight is 358 g/mol. The van der Waals surface area contributed by atoms with E-state index in [1.807, 2.05) is 24.3 Å². The van der Waals surface area contributed by atoms with Crippen molar-refractivity contribution in [2.45, 2.75) is 65.8 Å². The van der Waals surface area contributed by atoms with Crippen LogP contribution in [0.5, 0.6) is 0 Å². The lowest BCUT2D eigenvalue weighted by Crippen LogP contribution is -2.30. The van der Waals surface area contributed by atoms with Crippen LogP contribution >= 0.6 is 0 Å². The van der Waals surface area contributed by atoms with Crippen LogP contribution in [0.25, 0.3) is 0 Å². The van der Waals surface area contributed by atoms with Crippen molar-refractivity contribution in [1.82, 2.24) is 10.1 Å². The molecule has 1 N–H and O–H groups in total. The van der Waals surface area contributed by atoms with Gasteiger partial charge in [-0.3, -0.25) is 4.79 Å². The first-order valence-corrected chi connectivity index (χ1v) is 9.51. The zero-order valence-electron chi connectivity index (χ0n) is 16.3. The maximum Gasteiger partial charge on any atom is 0.226 e. The minimum Gasteiger partial charge on any atom is -0.369 e. The molecule has 0 aliphatic rings. The zero-order chi connectivity index (χ0) is 18.9. The van der Waals surface area contributed by atoms with Gasteiger partial charge in [0.25, 0.3) is 0 Å². The first-order chi connectivity index (χ1) is 12.5. The number of nitrogens with one attached hydrogen (secondary N) is 1. The summed E-state index contributed by atoms with van der Waals surface area (Å²) in [6.45, 7) is 9.53. The van der Waals surface area contributed by atoms with E-state index in [2.05, 4.69) is 48.1 Å². The van der Waals surface area contributed by atoms with Gasteiger partial charge in [0.2, 0.25) is 11.8 Å². The van der Waals surface area contributed by atoms with Crippen molar-refractivity contribution >= 4 is 17.3 Å². The summed E-state index contributed by atoms with van der Waals surface area (Å²) >= 11 is 0. The lowest BCUT2D eigenvalue weighted by atomic mass is 10.2. The first-order valence-electron chi connectivity index (χ1n) is 9.51. The molecule has 1 aromatic carbocycles. The second kappa shape index (κ2) is 9.94. The van der Waals surface area contributed by atoms with Crippen LogP contribution < -0.4 is 10.2 Å². The summed E-state index contributed by atoms with van der Waals surface area (Å²) in [5, 5.41) is 6.87. The normalized spacial score (nSPS) is 11.0. The first kappa shape index (κ1) is 19.9. The highest BCUT2D eigenvalue weighted by Gasteiger charge is 2.10. The molecule has 1 heterocycles. The number of benzene rings is 1. The van der Waals surface area contributed by atoms with Gasteiger partial charge in [0.15, 0.2) is 5.82 Å². The molecule has 1 aromatic heterocycles. The van der Waals surface area contributed by atoms with Gasteiger partial charge in [-0.25, -0.2) is 0 Å². The Morgan fingerprint density at radius 2 is 1.92 bits per heavy atom. The number of carbonyl (C=O) groups excluding carboxylic acids is 1. The lowest BCUT2D eigenvalue weighted by molar-refractivity contribution is -0.116. The van der Waals surface area contributed by atoms with E-state index in [4.69, 9.17) is 4.52 Å². The second-order valence-electron chi connectivity index (χ2n) is 6.68. The Hall–Kier alpha value is -2.37. The number of amides is 1. The lowest BCUT2D eigenvalue weighted by Gasteiger charge is -2.27. The fourth-order valence-electron chi connectivity index (χ4n) is 2.92. The Morgan fingerprint density at radius 3 is 2.54 bits per heavy atom. The molecule has 2 aromatic rings. The van der Waals surface area contributed by atoms with Gasteiger partial charge in [-0.05, 0) is 57.9 Å². The molecule has 1 amide bonds. The maximum atomic E-state index is 12.1. The predicted octanol–water partition coefficient (Wildman–Crippen LogP) is 4.22. The average Bonchev–Trinajstić information content (AvgIpc) is 3.04. The summed E-state index contributed by atoms with van der Waals surface area (Å²) in [7, 11) is 0. The number of carbonyl (C=O) groups is 1. The van der Waals surface area contributed by atoms with Gasteiger partial charge in [0.05, 0.1) is 0 Å². The highest BCUT2D eigenvalue weighted by atomic mass is 16.5. The van der Waals surface area contributed by atoms with E-state index in [0.717, 1.165) is 30.9 Å². The topological polar surface area (TPSA) is 71.3 Å². The van der Waals surface area contributed by atoms with Crippen LogP contribution in [0.3, 0.4) is 0 Å². The van der Waals surface area contributed by atoms with Gasteiger partial charge in [-0.15, -0.1) is 0 Å². The molecular formula is C20H30N4O2. The van der Waals surface area contributed by atoms with E-state index in [9.17, 15) is 4.79 Å². The van der Waals surface area contributed by atoms with Crippen molar-refractivity contribution in [1.29, 1.82) is 0 Å². The zero-order valence-corrected chi connectivity index (χ0v) is 16.3. The predicted molar refractivity (Wildman–Crippen MR) is 104 cm³/mol. The van der Waals surface area contributed by atoms with E-state index in [-0.39, 0.29) is 5.91 Å². The molecule has 0 aliphatic heterocycles. The van der Waals surface area contributed by atoms with E-state index in [1.54, 1.807) is 0 Å². The number of hydrogen-bond acceptors (Lipinski definition) is 5. The number of hydrogen-bond donors (Lipinski definition) is 1. The monoisotopic (exact) mass is 358 g/mol. The third-order valence-corrected chi connectivity index (χ3v) is 4.22. The van der Waals surface area contributed by atoms with Crippen LogP contribution in [0, 0.1) is 0 Å². The van der Waals surface area contributed by atoms with Gasteiger partial charge in [-0.2, -0.15) is 4.98 Å². The van der Waals surface area contributed by atoms with Gasteiger partial charge in [-0.1, -0.05) is 12.1 Å². The molecule has 0 atom stereocenters. The van der Waals surface area contributed by atoms with Crippen molar-refractivity contribution in [3.8, 4) is 0 Å². The van der Waals surface area contributed by atoms with Gasteiger partial charge >= 0.3 is 0 Å². The van der Waals surface area contributed by atoms with Crippen LogP contribution in [0.2, 0.25) is 0 Å². The van der Waals surface area contributed by atoms with Gasteiger partial charge in [0, 0.05) is 43.2 Å². The number of aromatic nitrogens is 2. The Bertz CT molecular complexity index is 679. The highest BCUT2D eigenvalue weighted by Crippen LogP contribution is 2.20. The SMILES string of the molecule is CCCc1noc(CCCC(=O)Nc2ccc(N(CC)C(C)C)cc2)n1. The van der Waals surface area contributed by atoms with Crippen LogP contribution in [-0.2, 0) is 17.6 Å². The Morgan fingerprint density at radius 1 is 1.19 bits per heavy atom. The molecule has 0 aliphatic carbocycles. The summed E-state index contributed by atoms with van der Waals surface area (Å²) < 4.78 is 5.19. The standard InChI is InChI=1S/C20H30N4O2/c1-5-8-18-22-20(26-23-18)10-7-9-19(25)21-16-11-13-17(14-12-16)24(6-2)15(3)4/h11-15H,5-10H2,1-4H3,(H,21,25). The quantitative estimate of drug-likeness (QED) is 0.688. The van der Waals surface area contributed by atoms with E-state index in [1.165, 1.54) is 5.69 Å². The molecule has 0 spiro atoms. The second-order valence-corrected chi connectivity index (χ2v) is 6.68. The van der Waals surface area contributed by atoms with Crippen molar-refractivity contribution in [2.24, 2.45) is 0 Å². The summed E-state index contributed by atoms with van der Waals surface area (Å²) in [6, 6.07) is 8.45. The van der Waals surface area contributed by atoms with Gasteiger partial charge < -0.3 is 14.7 Å². The summed E-state index contributed by atoms with van der Waals surface area (Å²) in [5.41, 5.74) is 1.99. The van der Waals surface area contributed by atoms with E-state index < -0.39 is 0 Å². The molecule has 0 saturated heterocycles. The summed E-state index contributed by atoms with van der Waals surface area (Å²) in [5.74, 6) is 1.36. The molecule has 0 unspecified atom stereocenters. The molecule has 142 valence electrons. The molecule has 6 nitrogen and oxygen atoms in total. The van der Waals surface area contributed by atoms with Crippen molar-refractivity contribution in [3.05, 3.63) is 36.0 Å². The third-order valence-electron chi connectivity index (χ3n) is 4.22. The number of anilines is 2. The number of nitrogens with zero attached hydrogens (tertiary/aromatic N) is 3. The summed E-state index contributed by atoms with van der Waals surface area (Å²) in [4.78, 5) is 18.7. The Labute approximate surface area is 156 Å². The molecule has 26 heavy (non-hydrogen) atoms. The van der Waals surface area contributed by atoms with Crippen LogP contribution in [0.1, 0.15) is 58.7 Å². The molecule has 6 heteroatoms. The highest BCUT2D eigenvalue weighted by molar-refractivity contribution is 5.90. The van der Waals surface area contributed by atoms with Crippen molar-refractivity contribution in [3.63, 3.8) is 0 Å². The number of aryl methyl sites for hydroxylation is 2. The van der Waals surface area contributed by atoms with Crippen molar-refractivity contribution in [2.75, 3.05) is 16.8 Å². The molecular weight excluding hydrogens is 328 g/mol. The minimum absolute atomic E-state index is 0.00209. The van der Waals surface area contributed by atoms with E-state index in [0.29, 0.717) is 31.2 Å². The van der Waals surface area contributed by atoms with E-state index >= 15 is 0 Å². The number of rotatable bonds is 10. The molecule has 0 radical (unpaired) electrons. The van der Waals surface area contributed by atoms with Crippen LogP contribution in [0.15, 0.2) is 28.8 Å². The smallest absolute Gasteiger partial charge is 0.226 e. The Balaban J connectivity index is 1.78. The largest absolute Gasteiger partial charge is 0.369 e. The molecule has 2 rings (SSSR count). The fraction of sp³-hybridized carbons (Fsp3) is 0.550. The summed E-state index contributed by atoms with van der Waals surface area (Å²) in [6.07, 6.45) is 3.57. The maximum absolute atomic E-state index is 12.1. The van der Waals surface area contributed by atoms with Crippen molar-refractivity contribution < 1.29 is 9.32 Å². The van der Waals surface area contributed by atoms with Gasteiger partial charge in [0.1, 0.15) is 0 Å². The molecule has 0 bridgehead atoms. The Kier molecular flexibility index (Phi) is 7.63. The van der Waals surface area contributed by atoms with Crippen LogP contribution in [-0.4, -0.2) is 28.6 Å². The van der Waals surface area contributed by atoms with Crippen LogP contribution in [0.4, 0.5) is 11.4 Å². The molecule has 0 saturated carbocycles. The minimum atomic E-state index is 0.00209. The molecule has 0 fully saturated rings. The third kappa shape index (κ3) is 5.86.